The number of rotatable bonds is 0. The smallest absolute Gasteiger partial charge is 0 e. The Morgan fingerprint density at radius 1 is 1.06 bits per heavy atom. The van der Waals surface area contributed by atoms with Gasteiger partial charge in [0.1, 0.15) is 11.6 Å². The molecule has 1 aliphatic rings. The zero-order valence-corrected chi connectivity index (χ0v) is 10.3. The van der Waals surface area contributed by atoms with Gasteiger partial charge in [-0.1, -0.05) is 0 Å². The third-order valence-corrected chi connectivity index (χ3v) is 1.38. The first-order valence-corrected chi connectivity index (χ1v) is 4.31. The van der Waals surface area contributed by atoms with Gasteiger partial charge in [0, 0.05) is 17.1 Å². The summed E-state index contributed by atoms with van der Waals surface area (Å²) in [5, 5.41) is 8.59. The Kier molecular flexibility index (Phi) is 21.7. The summed E-state index contributed by atoms with van der Waals surface area (Å²) in [7, 11) is 0. The van der Waals surface area contributed by atoms with Gasteiger partial charge in [-0.05, 0) is 24.3 Å². The Labute approximate surface area is 117 Å². The van der Waals surface area contributed by atoms with Crippen LogP contribution in [0.15, 0.2) is 36.4 Å². The van der Waals surface area contributed by atoms with Gasteiger partial charge < -0.3 is 5.11 Å². The van der Waals surface area contributed by atoms with Crippen molar-refractivity contribution < 1.29 is 35.9 Å². The Morgan fingerprint density at radius 3 is 1.78 bits per heavy atom. The van der Waals surface area contributed by atoms with Crippen molar-refractivity contribution in [3.8, 4) is 5.75 Å². The fraction of sp³-hybridized carbons (Fsp3) is 0. The molecule has 0 saturated carbocycles. The van der Waals surface area contributed by atoms with Crippen molar-refractivity contribution >= 4 is 0 Å². The van der Waals surface area contributed by atoms with E-state index in [0.29, 0.717) is 0 Å². The molecule has 0 aliphatic heterocycles. The molecular weight excluding hydrogens is 279 g/mol. The predicted molar refractivity (Wildman–Crippen MR) is 58.0 cm³/mol. The zero-order valence-electron chi connectivity index (χ0n) is 9.19. The molecule has 0 saturated heterocycles. The first-order valence-electron chi connectivity index (χ1n) is 4.31. The largest absolute Gasteiger partial charge is 0.231 e. The predicted octanol–water partition coefficient (Wildman–Crippen LogP) is 2.62. The van der Waals surface area contributed by atoms with Crippen LogP contribution in [0.3, 0.4) is 0 Å². The van der Waals surface area contributed by atoms with Gasteiger partial charge in [0.25, 0.3) is 0 Å². The van der Waals surface area contributed by atoms with Crippen molar-refractivity contribution in [3.05, 3.63) is 74.8 Å². The molecule has 1 aromatic rings. The van der Waals surface area contributed by atoms with Crippen molar-refractivity contribution in [2.75, 3.05) is 0 Å². The summed E-state index contributed by atoms with van der Waals surface area (Å²) in [6.45, 7) is 9.00. The summed E-state index contributed by atoms with van der Waals surface area (Å²) >= 11 is 0. The molecule has 2 rings (SSSR count). The summed E-state index contributed by atoms with van der Waals surface area (Å²) in [5.74, 6) is -0.241. The Bertz CT molecular complexity index is 311. The van der Waals surface area contributed by atoms with Gasteiger partial charge >= 0.3 is 22.6 Å². The van der Waals surface area contributed by atoms with Gasteiger partial charge in [0.15, 0.2) is 0 Å². The zero-order chi connectivity index (χ0) is 13.5. The number of benzene rings is 1. The van der Waals surface area contributed by atoms with Crippen LogP contribution in [0.4, 0.5) is 4.39 Å². The SMILES string of the molecule is Oc1ccc(F)cc1.[C-]#[O+].[C-]#[O+].[CH]1[CH][CH-]C=C1.[Fe]. The second-order valence-corrected chi connectivity index (χ2v) is 2.44. The van der Waals surface area contributed by atoms with Crippen LogP contribution in [-0.2, 0) is 26.4 Å². The summed E-state index contributed by atoms with van der Waals surface area (Å²) in [5.41, 5.74) is 0. The molecule has 0 amide bonds. The second kappa shape index (κ2) is 17.9. The van der Waals surface area contributed by atoms with Crippen LogP contribution in [0.25, 0.3) is 0 Å². The molecule has 0 unspecified atom stereocenters. The fourth-order valence-corrected chi connectivity index (χ4v) is 0.762. The van der Waals surface area contributed by atoms with Crippen LogP contribution in [0.5, 0.6) is 5.75 Å². The van der Waals surface area contributed by atoms with E-state index >= 15 is 0 Å². The van der Waals surface area contributed by atoms with Gasteiger partial charge in [-0.3, -0.25) is 0 Å². The molecule has 3 nitrogen and oxygen atoms in total. The molecule has 2 radical (unpaired) electrons. The molecule has 18 heavy (non-hydrogen) atoms. The number of allylic oxidation sites excluding steroid dienone is 2. The normalized spacial score (nSPS) is 9.61. The van der Waals surface area contributed by atoms with E-state index in [-0.39, 0.29) is 28.6 Å². The fourth-order valence-electron chi connectivity index (χ4n) is 0.762. The van der Waals surface area contributed by atoms with Crippen LogP contribution in [0.1, 0.15) is 0 Å². The Balaban J connectivity index is -0.000000196. The minimum atomic E-state index is -0.331. The molecule has 0 atom stereocenters. The molecular formula is C13H10FFeO3-. The van der Waals surface area contributed by atoms with Gasteiger partial charge in [-0.15, -0.1) is 12.8 Å². The van der Waals surface area contributed by atoms with Crippen molar-refractivity contribution in [2.24, 2.45) is 0 Å². The van der Waals surface area contributed by atoms with Crippen LogP contribution in [0.2, 0.25) is 0 Å². The summed E-state index contributed by atoms with van der Waals surface area (Å²) in [6, 6.07) is 5.01. The minimum absolute atomic E-state index is 0. The Hall–Kier alpha value is -1.44. The van der Waals surface area contributed by atoms with Gasteiger partial charge in [0.2, 0.25) is 0 Å². The van der Waals surface area contributed by atoms with E-state index in [1.807, 2.05) is 31.4 Å². The van der Waals surface area contributed by atoms with E-state index in [0.717, 1.165) is 0 Å². The van der Waals surface area contributed by atoms with E-state index in [2.05, 4.69) is 13.3 Å². The van der Waals surface area contributed by atoms with Crippen molar-refractivity contribution in [2.45, 2.75) is 0 Å². The number of phenols is 1. The standard InChI is InChI=1S/C6H5FO.C5H5.2CO.Fe/c7-5-1-3-6(8)4-2-5;1-2-4-5-3-1;2*1-2;/h1-4,8H;1-5H;;;/q;-1;;;. The monoisotopic (exact) mass is 289 g/mol. The maximum Gasteiger partial charge on any atom is 0 e. The van der Waals surface area contributed by atoms with Gasteiger partial charge in [-0.2, -0.15) is 0 Å². The quantitative estimate of drug-likeness (QED) is 0.445. The Morgan fingerprint density at radius 2 is 1.56 bits per heavy atom. The van der Waals surface area contributed by atoms with Crippen LogP contribution in [0, 0.1) is 38.4 Å². The van der Waals surface area contributed by atoms with Crippen LogP contribution < -0.4 is 0 Å². The molecule has 1 aliphatic carbocycles. The van der Waals surface area contributed by atoms with Gasteiger partial charge in [0.05, 0.1) is 0 Å². The van der Waals surface area contributed by atoms with Crippen LogP contribution >= 0.6 is 0 Å². The number of hydrogen-bond acceptors (Lipinski definition) is 1. The molecule has 1 N–H and O–H groups in total. The summed E-state index contributed by atoms with van der Waals surface area (Å²) < 4.78 is 27.0. The topological polar surface area (TPSA) is 60.0 Å². The maximum atomic E-state index is 12.0. The van der Waals surface area contributed by atoms with Crippen molar-refractivity contribution in [1.82, 2.24) is 0 Å². The number of halogens is 1. The molecule has 0 aromatic heterocycles. The molecule has 1 aromatic carbocycles. The average Bonchev–Trinajstić information content (AvgIpc) is 2.97. The maximum absolute atomic E-state index is 12.0. The first kappa shape index (κ1) is 21.8. The minimum Gasteiger partial charge on any atom is -0.231 e. The third-order valence-electron chi connectivity index (χ3n) is 1.38. The van der Waals surface area contributed by atoms with E-state index in [9.17, 15) is 4.39 Å². The molecule has 0 spiro atoms. The molecule has 5 heteroatoms. The van der Waals surface area contributed by atoms with Crippen molar-refractivity contribution in [1.29, 1.82) is 0 Å². The summed E-state index contributed by atoms with van der Waals surface area (Å²) in [6.07, 6.45) is 10.0. The number of aromatic hydroxyl groups is 1. The second-order valence-electron chi connectivity index (χ2n) is 2.44. The third kappa shape index (κ3) is 14.6. The van der Waals surface area contributed by atoms with Crippen molar-refractivity contribution in [3.63, 3.8) is 0 Å². The summed E-state index contributed by atoms with van der Waals surface area (Å²) in [4.78, 5) is 0. The average molecular weight is 289 g/mol. The van der Waals surface area contributed by atoms with E-state index in [1.165, 1.54) is 24.3 Å². The number of hydrogen-bond donors (Lipinski definition) is 1. The number of phenolic OH excluding ortho intramolecular Hbond substituents is 1. The first-order chi connectivity index (χ1) is 8.29. The van der Waals surface area contributed by atoms with E-state index in [1.54, 1.807) is 0 Å². The van der Waals surface area contributed by atoms with E-state index in [4.69, 9.17) is 14.4 Å². The molecule has 96 valence electrons. The van der Waals surface area contributed by atoms with Crippen LogP contribution in [-0.4, -0.2) is 5.11 Å². The molecule has 0 fully saturated rings. The molecule has 0 heterocycles. The molecule has 0 bridgehead atoms. The van der Waals surface area contributed by atoms with Gasteiger partial charge in [-0.25, -0.2) is 23.0 Å². The van der Waals surface area contributed by atoms with E-state index < -0.39 is 0 Å².